The Hall–Kier alpha value is -1.71. The maximum absolute atomic E-state index is 11.1. The fourth-order valence-corrected chi connectivity index (χ4v) is 2.43. The van der Waals surface area contributed by atoms with Crippen molar-refractivity contribution < 1.29 is 9.53 Å². The van der Waals surface area contributed by atoms with E-state index in [4.69, 9.17) is 10.5 Å². The number of ether oxygens (including phenoxy) is 1. The van der Waals surface area contributed by atoms with Gasteiger partial charge in [-0.15, -0.1) is 0 Å². The summed E-state index contributed by atoms with van der Waals surface area (Å²) in [5, 5.41) is 0. The molecule has 1 aliphatic rings. The lowest BCUT2D eigenvalue weighted by atomic mass is 9.96. The van der Waals surface area contributed by atoms with Crippen LogP contribution in [0.2, 0.25) is 0 Å². The van der Waals surface area contributed by atoms with E-state index in [2.05, 4.69) is 23.1 Å². The van der Waals surface area contributed by atoms with E-state index < -0.39 is 0 Å². The van der Waals surface area contributed by atoms with Crippen LogP contribution in [0.25, 0.3) is 0 Å². The van der Waals surface area contributed by atoms with Crippen molar-refractivity contribution in [2.75, 3.05) is 25.1 Å². The SMILES string of the molecule is COc1cc(N2CCC(C(N)=O)CC2)ccc1C. The van der Waals surface area contributed by atoms with Crippen molar-refractivity contribution in [1.29, 1.82) is 0 Å². The molecule has 0 radical (unpaired) electrons. The second kappa shape index (κ2) is 5.29. The zero-order valence-corrected chi connectivity index (χ0v) is 11.0. The van der Waals surface area contributed by atoms with Crippen molar-refractivity contribution in [3.8, 4) is 5.75 Å². The quantitative estimate of drug-likeness (QED) is 0.886. The highest BCUT2D eigenvalue weighted by atomic mass is 16.5. The molecule has 1 amide bonds. The highest BCUT2D eigenvalue weighted by Gasteiger charge is 2.23. The van der Waals surface area contributed by atoms with Gasteiger partial charge in [-0.05, 0) is 31.4 Å². The average Bonchev–Trinajstić information content (AvgIpc) is 2.39. The molecular weight excluding hydrogens is 228 g/mol. The highest BCUT2D eigenvalue weighted by Crippen LogP contribution is 2.28. The number of rotatable bonds is 3. The number of anilines is 1. The molecule has 1 aromatic rings. The maximum atomic E-state index is 11.1. The first-order valence-corrected chi connectivity index (χ1v) is 6.30. The van der Waals surface area contributed by atoms with E-state index in [1.54, 1.807) is 7.11 Å². The topological polar surface area (TPSA) is 55.6 Å². The minimum atomic E-state index is -0.170. The molecule has 2 rings (SSSR count). The van der Waals surface area contributed by atoms with Crippen LogP contribution in [0.1, 0.15) is 18.4 Å². The summed E-state index contributed by atoms with van der Waals surface area (Å²) in [6, 6.07) is 6.22. The van der Waals surface area contributed by atoms with E-state index in [9.17, 15) is 4.79 Å². The van der Waals surface area contributed by atoms with Gasteiger partial charge in [-0.25, -0.2) is 0 Å². The Morgan fingerprint density at radius 1 is 1.39 bits per heavy atom. The Balaban J connectivity index is 2.07. The van der Waals surface area contributed by atoms with Gasteiger partial charge in [-0.3, -0.25) is 4.79 Å². The molecule has 0 bridgehead atoms. The number of amides is 1. The second-order valence-electron chi connectivity index (χ2n) is 4.82. The number of nitrogens with zero attached hydrogens (tertiary/aromatic N) is 1. The third kappa shape index (κ3) is 2.58. The van der Waals surface area contributed by atoms with Crippen molar-refractivity contribution in [3.63, 3.8) is 0 Å². The number of hydrogen-bond acceptors (Lipinski definition) is 3. The van der Waals surface area contributed by atoms with Crippen LogP contribution < -0.4 is 15.4 Å². The van der Waals surface area contributed by atoms with Gasteiger partial charge in [0.05, 0.1) is 7.11 Å². The first-order chi connectivity index (χ1) is 8.61. The van der Waals surface area contributed by atoms with Crippen LogP contribution in [0.15, 0.2) is 18.2 Å². The van der Waals surface area contributed by atoms with E-state index in [0.717, 1.165) is 42.9 Å². The summed E-state index contributed by atoms with van der Waals surface area (Å²) in [5.74, 6) is 0.772. The Labute approximate surface area is 108 Å². The number of carbonyl (C=O) groups is 1. The van der Waals surface area contributed by atoms with Gasteiger partial charge in [-0.1, -0.05) is 6.07 Å². The van der Waals surface area contributed by atoms with Gasteiger partial charge in [0.2, 0.25) is 5.91 Å². The van der Waals surface area contributed by atoms with Crippen molar-refractivity contribution >= 4 is 11.6 Å². The molecular formula is C14H20N2O2. The van der Waals surface area contributed by atoms with Gasteiger partial charge in [-0.2, -0.15) is 0 Å². The zero-order valence-electron chi connectivity index (χ0n) is 11.0. The molecule has 0 aromatic heterocycles. The Kier molecular flexibility index (Phi) is 3.75. The zero-order chi connectivity index (χ0) is 13.1. The van der Waals surface area contributed by atoms with E-state index in [0.29, 0.717) is 0 Å². The number of nitrogens with two attached hydrogens (primary N) is 1. The van der Waals surface area contributed by atoms with Crippen LogP contribution in [-0.4, -0.2) is 26.1 Å². The van der Waals surface area contributed by atoms with Gasteiger partial charge in [0.25, 0.3) is 0 Å². The maximum Gasteiger partial charge on any atom is 0.220 e. The molecule has 4 heteroatoms. The number of hydrogen-bond donors (Lipinski definition) is 1. The van der Waals surface area contributed by atoms with Crippen LogP contribution >= 0.6 is 0 Å². The molecule has 0 atom stereocenters. The molecule has 0 saturated carbocycles. The molecule has 1 fully saturated rings. The average molecular weight is 248 g/mol. The van der Waals surface area contributed by atoms with Gasteiger partial charge >= 0.3 is 0 Å². The predicted octanol–water partition coefficient (Wildman–Crippen LogP) is 1.71. The third-order valence-electron chi connectivity index (χ3n) is 3.65. The number of aryl methyl sites for hydroxylation is 1. The molecule has 0 unspecified atom stereocenters. The van der Waals surface area contributed by atoms with Crippen molar-refractivity contribution in [1.82, 2.24) is 0 Å². The Morgan fingerprint density at radius 3 is 2.61 bits per heavy atom. The molecule has 1 aliphatic heterocycles. The van der Waals surface area contributed by atoms with Crippen molar-refractivity contribution in [2.24, 2.45) is 11.7 Å². The molecule has 1 saturated heterocycles. The fraction of sp³-hybridized carbons (Fsp3) is 0.500. The standard InChI is InChI=1S/C14H20N2O2/c1-10-3-4-12(9-13(10)18-2)16-7-5-11(6-8-16)14(15)17/h3-4,9,11H,5-8H2,1-2H3,(H2,15,17). The van der Waals surface area contributed by atoms with E-state index in [1.165, 1.54) is 0 Å². The van der Waals surface area contributed by atoms with Crippen LogP contribution in [0.5, 0.6) is 5.75 Å². The van der Waals surface area contributed by atoms with Gasteiger partial charge in [0, 0.05) is 30.8 Å². The lowest BCUT2D eigenvalue weighted by molar-refractivity contribution is -0.122. The summed E-state index contributed by atoms with van der Waals surface area (Å²) in [4.78, 5) is 13.4. The lowest BCUT2D eigenvalue weighted by Crippen LogP contribution is -2.38. The smallest absolute Gasteiger partial charge is 0.220 e. The van der Waals surface area contributed by atoms with Crippen molar-refractivity contribution in [2.45, 2.75) is 19.8 Å². The monoisotopic (exact) mass is 248 g/mol. The number of primary amides is 1. The Bertz CT molecular complexity index is 437. The molecule has 4 nitrogen and oxygen atoms in total. The molecule has 98 valence electrons. The molecule has 18 heavy (non-hydrogen) atoms. The second-order valence-corrected chi connectivity index (χ2v) is 4.82. The molecule has 0 spiro atoms. The third-order valence-corrected chi connectivity index (χ3v) is 3.65. The minimum Gasteiger partial charge on any atom is -0.496 e. The number of piperidine rings is 1. The summed E-state index contributed by atoms with van der Waals surface area (Å²) in [6.45, 7) is 3.78. The van der Waals surface area contributed by atoms with Gasteiger partial charge in [0.15, 0.2) is 0 Å². The fourth-order valence-electron chi connectivity index (χ4n) is 2.43. The van der Waals surface area contributed by atoms with Crippen molar-refractivity contribution in [3.05, 3.63) is 23.8 Å². The van der Waals surface area contributed by atoms with Crippen LogP contribution in [0.4, 0.5) is 5.69 Å². The first kappa shape index (κ1) is 12.7. The molecule has 1 heterocycles. The summed E-state index contributed by atoms with van der Waals surface area (Å²) >= 11 is 0. The number of benzene rings is 1. The molecule has 2 N–H and O–H groups in total. The normalized spacial score (nSPS) is 16.7. The van der Waals surface area contributed by atoms with E-state index in [1.807, 2.05) is 6.92 Å². The summed E-state index contributed by atoms with van der Waals surface area (Å²) in [7, 11) is 1.69. The van der Waals surface area contributed by atoms with Gasteiger partial charge in [0.1, 0.15) is 5.75 Å². The van der Waals surface area contributed by atoms with E-state index in [-0.39, 0.29) is 11.8 Å². The van der Waals surface area contributed by atoms with Crippen LogP contribution in [0, 0.1) is 12.8 Å². The predicted molar refractivity (Wildman–Crippen MR) is 71.9 cm³/mol. The largest absolute Gasteiger partial charge is 0.496 e. The molecule has 1 aromatic carbocycles. The lowest BCUT2D eigenvalue weighted by Gasteiger charge is -2.32. The van der Waals surface area contributed by atoms with Crippen LogP contribution in [-0.2, 0) is 4.79 Å². The first-order valence-electron chi connectivity index (χ1n) is 6.30. The van der Waals surface area contributed by atoms with E-state index >= 15 is 0 Å². The summed E-state index contributed by atoms with van der Waals surface area (Å²) in [5.41, 5.74) is 7.63. The highest BCUT2D eigenvalue weighted by molar-refractivity contribution is 5.77. The summed E-state index contributed by atoms with van der Waals surface area (Å²) in [6.07, 6.45) is 1.68. The Morgan fingerprint density at radius 2 is 2.06 bits per heavy atom. The van der Waals surface area contributed by atoms with Gasteiger partial charge < -0.3 is 15.4 Å². The summed E-state index contributed by atoms with van der Waals surface area (Å²) < 4.78 is 5.34. The minimum absolute atomic E-state index is 0.0357. The number of methoxy groups -OCH3 is 1. The number of carbonyl (C=O) groups excluding carboxylic acids is 1. The van der Waals surface area contributed by atoms with Crippen LogP contribution in [0.3, 0.4) is 0 Å². The molecule has 0 aliphatic carbocycles.